The molecule has 2 heterocycles. The number of anilines is 1. The van der Waals surface area contributed by atoms with Crippen LogP contribution < -0.4 is 5.32 Å². The van der Waals surface area contributed by atoms with Gasteiger partial charge in [0.05, 0.1) is 5.69 Å². The highest BCUT2D eigenvalue weighted by molar-refractivity contribution is 5.88. The summed E-state index contributed by atoms with van der Waals surface area (Å²) >= 11 is 0. The Balaban J connectivity index is 1.78. The Morgan fingerprint density at radius 1 is 1.45 bits per heavy atom. The zero-order valence-electron chi connectivity index (χ0n) is 12.3. The van der Waals surface area contributed by atoms with E-state index in [9.17, 15) is 4.79 Å². The minimum absolute atomic E-state index is 0.0452. The third-order valence-electron chi connectivity index (χ3n) is 4.64. The lowest BCUT2D eigenvalue weighted by atomic mass is 9.79. The molecule has 20 heavy (non-hydrogen) atoms. The first-order chi connectivity index (χ1) is 9.71. The van der Waals surface area contributed by atoms with Gasteiger partial charge in [-0.1, -0.05) is 13.8 Å². The average molecular weight is 277 g/mol. The van der Waals surface area contributed by atoms with Gasteiger partial charge >= 0.3 is 6.01 Å². The Hall–Kier alpha value is -1.36. The third kappa shape index (κ3) is 2.46. The van der Waals surface area contributed by atoms with Crippen LogP contribution in [0.3, 0.4) is 0 Å². The minimum atomic E-state index is -0.0452. The van der Waals surface area contributed by atoms with E-state index in [0.717, 1.165) is 30.8 Å². The van der Waals surface area contributed by atoms with Crippen molar-refractivity contribution in [2.75, 3.05) is 18.4 Å². The number of fused-ring (bicyclic) bond motifs is 2. The normalized spacial score (nSPS) is 25.9. The summed E-state index contributed by atoms with van der Waals surface area (Å²) in [6, 6.07) is 0.965. The van der Waals surface area contributed by atoms with E-state index < -0.39 is 0 Å². The molecule has 1 N–H and O–H groups in total. The second kappa shape index (κ2) is 5.56. The van der Waals surface area contributed by atoms with Crippen LogP contribution in [0.4, 0.5) is 6.01 Å². The number of oxazole rings is 1. The van der Waals surface area contributed by atoms with E-state index in [4.69, 9.17) is 4.42 Å². The summed E-state index contributed by atoms with van der Waals surface area (Å²) in [5, 5.41) is 2.73. The van der Waals surface area contributed by atoms with E-state index in [2.05, 4.69) is 22.1 Å². The van der Waals surface area contributed by atoms with Crippen LogP contribution in [-0.2, 0) is 17.6 Å². The van der Waals surface area contributed by atoms with Gasteiger partial charge < -0.3 is 4.42 Å². The Morgan fingerprint density at radius 2 is 2.30 bits per heavy atom. The molecule has 0 bridgehead atoms. The number of hydrogen-bond donors (Lipinski definition) is 1. The number of hydrogen-bond acceptors (Lipinski definition) is 4. The fraction of sp³-hybridized carbons (Fsp3) is 0.733. The second-order valence-electron chi connectivity index (χ2n) is 5.80. The standard InChI is InChI=1S/C15H23N3O2/c1-3-14(19)17-15-16-11-8-10-6-5-7-18(4-2)12(10)9-13(11)20-15/h10,12H,3-9H2,1-2H3,(H,16,17,19)/t10-,12-/m1/s1. The number of nitrogens with one attached hydrogen (secondary N) is 1. The van der Waals surface area contributed by atoms with Gasteiger partial charge in [-0.05, 0) is 38.3 Å². The van der Waals surface area contributed by atoms with Crippen LogP contribution in [0.25, 0.3) is 0 Å². The lowest BCUT2D eigenvalue weighted by Crippen LogP contribution is -2.48. The fourth-order valence-corrected chi connectivity index (χ4v) is 3.54. The summed E-state index contributed by atoms with van der Waals surface area (Å²) in [5.74, 6) is 1.62. The molecule has 1 aromatic rings. The Kier molecular flexibility index (Phi) is 3.78. The summed E-state index contributed by atoms with van der Waals surface area (Å²) in [5.41, 5.74) is 1.05. The molecule has 3 rings (SSSR count). The number of rotatable bonds is 3. The van der Waals surface area contributed by atoms with E-state index in [1.54, 1.807) is 0 Å². The van der Waals surface area contributed by atoms with Gasteiger partial charge in [-0.25, -0.2) is 0 Å². The summed E-state index contributed by atoms with van der Waals surface area (Å²) in [7, 11) is 0. The lowest BCUT2D eigenvalue weighted by molar-refractivity contribution is -0.116. The van der Waals surface area contributed by atoms with Crippen molar-refractivity contribution in [3.63, 3.8) is 0 Å². The molecule has 1 fully saturated rings. The van der Waals surface area contributed by atoms with Crippen molar-refractivity contribution in [2.45, 2.75) is 52.0 Å². The lowest BCUT2D eigenvalue weighted by Gasteiger charge is -2.42. The molecule has 5 nitrogen and oxygen atoms in total. The largest absolute Gasteiger partial charge is 0.428 e. The van der Waals surface area contributed by atoms with Crippen LogP contribution in [-0.4, -0.2) is 34.9 Å². The SMILES string of the molecule is CCC(=O)Nc1nc2c(o1)C[C@@H]1[C@H](CCCN1CC)C2. The molecule has 0 unspecified atom stereocenters. The zero-order chi connectivity index (χ0) is 14.1. The van der Waals surface area contributed by atoms with Crippen molar-refractivity contribution in [3.05, 3.63) is 11.5 Å². The molecule has 1 saturated heterocycles. The first kappa shape index (κ1) is 13.6. The molecule has 1 aliphatic carbocycles. The Labute approximate surface area is 119 Å². The molecule has 0 spiro atoms. The Morgan fingerprint density at radius 3 is 3.05 bits per heavy atom. The molecule has 1 aliphatic heterocycles. The third-order valence-corrected chi connectivity index (χ3v) is 4.64. The zero-order valence-corrected chi connectivity index (χ0v) is 12.3. The number of likely N-dealkylation sites (N-methyl/N-ethyl adjacent to an activating group) is 1. The van der Waals surface area contributed by atoms with E-state index in [-0.39, 0.29) is 5.91 Å². The Bertz CT molecular complexity index is 497. The first-order valence-electron chi connectivity index (χ1n) is 7.73. The number of likely N-dealkylation sites (tertiary alicyclic amines) is 1. The minimum Gasteiger partial charge on any atom is -0.428 e. The van der Waals surface area contributed by atoms with Crippen LogP contribution in [0.15, 0.2) is 4.42 Å². The predicted molar refractivity (Wildman–Crippen MR) is 76.6 cm³/mol. The van der Waals surface area contributed by atoms with E-state index in [1.165, 1.54) is 19.4 Å². The molecule has 0 saturated carbocycles. The van der Waals surface area contributed by atoms with Gasteiger partial charge in [0.1, 0.15) is 5.76 Å². The number of piperidine rings is 1. The van der Waals surface area contributed by atoms with Crippen molar-refractivity contribution in [1.82, 2.24) is 9.88 Å². The van der Waals surface area contributed by atoms with E-state index in [0.29, 0.717) is 24.4 Å². The number of aromatic nitrogens is 1. The molecule has 0 aromatic carbocycles. The van der Waals surface area contributed by atoms with Crippen LogP contribution in [0, 0.1) is 5.92 Å². The molecule has 2 aliphatic rings. The highest BCUT2D eigenvalue weighted by Crippen LogP contribution is 2.35. The molecular formula is C15H23N3O2. The molecule has 2 atom stereocenters. The number of amides is 1. The number of carbonyl (C=O) groups is 1. The second-order valence-corrected chi connectivity index (χ2v) is 5.80. The highest BCUT2D eigenvalue weighted by atomic mass is 16.4. The summed E-state index contributed by atoms with van der Waals surface area (Å²) < 4.78 is 5.75. The smallest absolute Gasteiger partial charge is 0.301 e. The van der Waals surface area contributed by atoms with E-state index in [1.807, 2.05) is 6.92 Å². The van der Waals surface area contributed by atoms with Crippen LogP contribution >= 0.6 is 0 Å². The molecule has 5 heteroatoms. The summed E-state index contributed by atoms with van der Waals surface area (Å²) in [6.45, 7) is 6.35. The maximum atomic E-state index is 11.4. The number of nitrogens with zero attached hydrogens (tertiary/aromatic N) is 2. The van der Waals surface area contributed by atoms with E-state index >= 15 is 0 Å². The quantitative estimate of drug-likeness (QED) is 0.920. The monoisotopic (exact) mass is 277 g/mol. The summed E-state index contributed by atoms with van der Waals surface area (Å²) in [6.07, 6.45) is 4.93. The molecule has 1 aromatic heterocycles. The van der Waals surface area contributed by atoms with Crippen molar-refractivity contribution in [1.29, 1.82) is 0 Å². The van der Waals surface area contributed by atoms with Gasteiger partial charge in [0.2, 0.25) is 5.91 Å². The molecule has 0 radical (unpaired) electrons. The number of carbonyl (C=O) groups excluding carboxylic acids is 1. The van der Waals surface area contributed by atoms with Gasteiger partial charge in [0.25, 0.3) is 0 Å². The van der Waals surface area contributed by atoms with Gasteiger partial charge in [0, 0.05) is 18.9 Å². The first-order valence-corrected chi connectivity index (χ1v) is 7.73. The van der Waals surface area contributed by atoms with Crippen molar-refractivity contribution in [3.8, 4) is 0 Å². The molecular weight excluding hydrogens is 254 g/mol. The van der Waals surface area contributed by atoms with Gasteiger partial charge in [-0.2, -0.15) is 4.98 Å². The van der Waals surface area contributed by atoms with Crippen LogP contribution in [0.5, 0.6) is 0 Å². The predicted octanol–water partition coefficient (Wildman–Crippen LogP) is 2.22. The van der Waals surface area contributed by atoms with Crippen molar-refractivity contribution < 1.29 is 9.21 Å². The highest BCUT2D eigenvalue weighted by Gasteiger charge is 2.37. The van der Waals surface area contributed by atoms with Crippen LogP contribution in [0.2, 0.25) is 0 Å². The van der Waals surface area contributed by atoms with Gasteiger partial charge in [-0.3, -0.25) is 15.0 Å². The fourth-order valence-electron chi connectivity index (χ4n) is 3.54. The molecule has 1 amide bonds. The van der Waals surface area contributed by atoms with Gasteiger partial charge in [0.15, 0.2) is 0 Å². The average Bonchev–Trinajstić information content (AvgIpc) is 2.84. The summed E-state index contributed by atoms with van der Waals surface area (Å²) in [4.78, 5) is 18.4. The topological polar surface area (TPSA) is 58.4 Å². The van der Waals surface area contributed by atoms with Crippen molar-refractivity contribution in [2.24, 2.45) is 5.92 Å². The van der Waals surface area contributed by atoms with Crippen LogP contribution in [0.1, 0.15) is 44.6 Å². The molecule has 110 valence electrons. The van der Waals surface area contributed by atoms with Gasteiger partial charge in [-0.15, -0.1) is 0 Å². The van der Waals surface area contributed by atoms with Crippen molar-refractivity contribution >= 4 is 11.9 Å². The maximum Gasteiger partial charge on any atom is 0.301 e. The maximum absolute atomic E-state index is 11.4.